The molecule has 158 valence electrons. The zero-order valence-electron chi connectivity index (χ0n) is 17.3. The van der Waals surface area contributed by atoms with E-state index in [1.54, 1.807) is 18.0 Å². The van der Waals surface area contributed by atoms with E-state index in [1.165, 1.54) is 6.20 Å². The molecule has 1 atom stereocenters. The highest BCUT2D eigenvalue weighted by Crippen LogP contribution is 2.28. The molecular weight excluding hydrogens is 450 g/mol. The lowest BCUT2D eigenvalue weighted by Gasteiger charge is -2.22. The molecule has 8 nitrogen and oxygen atoms in total. The average molecular weight is 474 g/mol. The maximum Gasteiger partial charge on any atom is 0.258 e. The van der Waals surface area contributed by atoms with Crippen LogP contribution in [0.1, 0.15) is 52.9 Å². The van der Waals surface area contributed by atoms with Gasteiger partial charge in [-0.05, 0) is 42.3 Å². The third kappa shape index (κ3) is 4.96. The number of hydrogen-bond acceptors (Lipinski definition) is 7. The number of aromatic nitrogens is 3. The van der Waals surface area contributed by atoms with Crippen LogP contribution in [-0.2, 0) is 13.0 Å². The molecule has 9 heteroatoms. The van der Waals surface area contributed by atoms with Crippen LogP contribution in [0.3, 0.4) is 0 Å². The number of rotatable bonds is 7. The van der Waals surface area contributed by atoms with E-state index in [2.05, 4.69) is 31.1 Å². The number of benzene rings is 1. The minimum Gasteiger partial charge on any atom is -0.467 e. The first-order valence-electron chi connectivity index (χ1n) is 9.53. The van der Waals surface area contributed by atoms with Crippen molar-refractivity contribution < 1.29 is 14.1 Å². The predicted octanol–water partition coefficient (Wildman–Crippen LogP) is 4.09. The molecule has 0 saturated carbocycles. The van der Waals surface area contributed by atoms with Gasteiger partial charge < -0.3 is 19.9 Å². The number of aryl methyl sites for hydroxylation is 2. The minimum atomic E-state index is -0.472. The summed E-state index contributed by atoms with van der Waals surface area (Å²) >= 11 is 3.27. The fourth-order valence-corrected chi connectivity index (χ4v) is 3.26. The Labute approximate surface area is 183 Å². The van der Waals surface area contributed by atoms with Gasteiger partial charge in [-0.2, -0.15) is 0 Å². The molecule has 0 spiro atoms. The zero-order chi connectivity index (χ0) is 21.8. The second-order valence-electron chi connectivity index (χ2n) is 7.03. The number of amides is 1. The van der Waals surface area contributed by atoms with Gasteiger partial charge in [-0.25, -0.2) is 9.97 Å². The highest BCUT2D eigenvalue weighted by Gasteiger charge is 2.22. The van der Waals surface area contributed by atoms with Crippen molar-refractivity contribution in [3.63, 3.8) is 0 Å². The Balaban J connectivity index is 1.84. The number of carbonyl (C=O) groups excluding carboxylic acids is 1. The van der Waals surface area contributed by atoms with E-state index in [9.17, 15) is 4.79 Å². The SMILES string of the molecule is CCc1cc(CN(C)C(=O)c2ccc(C)cc2C(C)Oc2nc(Br)cnc2N)on1. The number of nitrogen functional groups attached to an aromatic ring is 1. The van der Waals surface area contributed by atoms with Gasteiger partial charge in [0.05, 0.1) is 18.4 Å². The summed E-state index contributed by atoms with van der Waals surface area (Å²) < 4.78 is 11.8. The molecular formula is C21H24BrN5O3. The molecule has 1 amide bonds. The van der Waals surface area contributed by atoms with Crippen molar-refractivity contribution in [1.82, 2.24) is 20.0 Å². The van der Waals surface area contributed by atoms with Crippen molar-refractivity contribution in [3.05, 3.63) is 63.2 Å². The summed E-state index contributed by atoms with van der Waals surface area (Å²) in [6.07, 6.45) is 1.80. The molecule has 0 radical (unpaired) electrons. The van der Waals surface area contributed by atoms with Gasteiger partial charge in [0.15, 0.2) is 11.6 Å². The van der Waals surface area contributed by atoms with Gasteiger partial charge in [0.25, 0.3) is 11.8 Å². The van der Waals surface area contributed by atoms with Crippen LogP contribution in [0.2, 0.25) is 0 Å². The van der Waals surface area contributed by atoms with Gasteiger partial charge in [0.1, 0.15) is 10.7 Å². The van der Waals surface area contributed by atoms with Gasteiger partial charge in [-0.3, -0.25) is 4.79 Å². The lowest BCUT2D eigenvalue weighted by atomic mass is 9.99. The Kier molecular flexibility index (Phi) is 6.71. The zero-order valence-corrected chi connectivity index (χ0v) is 18.9. The molecule has 2 heterocycles. The minimum absolute atomic E-state index is 0.150. The standard InChI is InChI=1S/C21H24BrN5O3/c1-5-14-9-15(30-26-14)11-27(4)21(28)16-7-6-12(2)8-17(16)13(3)29-20-19(23)24-10-18(22)25-20/h6-10,13H,5,11H2,1-4H3,(H2,23,24). The lowest BCUT2D eigenvalue weighted by molar-refractivity contribution is 0.0767. The molecule has 2 N–H and O–H groups in total. The van der Waals surface area contributed by atoms with E-state index in [1.807, 2.05) is 39.0 Å². The van der Waals surface area contributed by atoms with Crippen molar-refractivity contribution >= 4 is 27.7 Å². The van der Waals surface area contributed by atoms with Crippen molar-refractivity contribution in [2.24, 2.45) is 0 Å². The monoisotopic (exact) mass is 473 g/mol. The third-order valence-electron chi connectivity index (χ3n) is 4.61. The molecule has 3 rings (SSSR count). The first kappa shape index (κ1) is 21.8. The number of halogens is 1. The topological polar surface area (TPSA) is 107 Å². The van der Waals surface area contributed by atoms with E-state index in [-0.39, 0.29) is 17.6 Å². The van der Waals surface area contributed by atoms with Crippen LogP contribution in [0.5, 0.6) is 5.88 Å². The van der Waals surface area contributed by atoms with Crippen molar-refractivity contribution in [1.29, 1.82) is 0 Å². The molecule has 3 aromatic rings. The molecule has 0 saturated heterocycles. The van der Waals surface area contributed by atoms with Crippen LogP contribution in [0.15, 0.2) is 39.6 Å². The van der Waals surface area contributed by atoms with Crippen LogP contribution < -0.4 is 10.5 Å². The normalized spacial score (nSPS) is 11.9. The van der Waals surface area contributed by atoms with Gasteiger partial charge in [0, 0.05) is 24.2 Å². The van der Waals surface area contributed by atoms with Gasteiger partial charge in [-0.1, -0.05) is 29.8 Å². The maximum absolute atomic E-state index is 13.2. The summed E-state index contributed by atoms with van der Waals surface area (Å²) in [7, 11) is 1.73. The highest BCUT2D eigenvalue weighted by molar-refractivity contribution is 9.10. The number of ether oxygens (including phenoxy) is 1. The summed E-state index contributed by atoms with van der Waals surface area (Å²) in [6, 6.07) is 7.49. The maximum atomic E-state index is 13.2. The summed E-state index contributed by atoms with van der Waals surface area (Å²) in [5, 5.41) is 3.98. The molecule has 0 fully saturated rings. The van der Waals surface area contributed by atoms with Gasteiger partial charge >= 0.3 is 0 Å². The van der Waals surface area contributed by atoms with E-state index in [0.717, 1.165) is 23.2 Å². The van der Waals surface area contributed by atoms with Crippen LogP contribution in [-0.4, -0.2) is 33.0 Å². The number of nitrogens with two attached hydrogens (primary N) is 1. The third-order valence-corrected chi connectivity index (χ3v) is 4.99. The van der Waals surface area contributed by atoms with Gasteiger partial charge in [-0.15, -0.1) is 0 Å². The molecule has 30 heavy (non-hydrogen) atoms. The summed E-state index contributed by atoms with van der Waals surface area (Å²) in [6.45, 7) is 6.12. The van der Waals surface area contributed by atoms with Crippen molar-refractivity contribution in [2.75, 3.05) is 12.8 Å². The van der Waals surface area contributed by atoms with E-state index >= 15 is 0 Å². The van der Waals surface area contributed by atoms with Gasteiger partial charge in [0.2, 0.25) is 0 Å². The van der Waals surface area contributed by atoms with Crippen LogP contribution in [0.25, 0.3) is 0 Å². The molecule has 0 aliphatic rings. The predicted molar refractivity (Wildman–Crippen MR) is 116 cm³/mol. The Bertz CT molecular complexity index is 1050. The Morgan fingerprint density at radius 3 is 2.83 bits per heavy atom. The quantitative estimate of drug-likeness (QED) is 0.550. The molecule has 2 aromatic heterocycles. The average Bonchev–Trinajstić information content (AvgIpc) is 3.17. The Morgan fingerprint density at radius 2 is 2.13 bits per heavy atom. The largest absolute Gasteiger partial charge is 0.467 e. The first-order valence-corrected chi connectivity index (χ1v) is 10.3. The van der Waals surface area contributed by atoms with Crippen molar-refractivity contribution in [3.8, 4) is 5.88 Å². The Morgan fingerprint density at radius 1 is 1.37 bits per heavy atom. The van der Waals surface area contributed by atoms with Crippen LogP contribution in [0.4, 0.5) is 5.82 Å². The molecule has 1 aromatic carbocycles. The van der Waals surface area contributed by atoms with E-state index in [0.29, 0.717) is 22.5 Å². The van der Waals surface area contributed by atoms with E-state index in [4.69, 9.17) is 15.0 Å². The number of carbonyl (C=O) groups is 1. The number of nitrogens with zero attached hydrogens (tertiary/aromatic N) is 4. The fourth-order valence-electron chi connectivity index (χ4n) is 3.00. The van der Waals surface area contributed by atoms with Crippen LogP contribution >= 0.6 is 15.9 Å². The molecule has 1 unspecified atom stereocenters. The molecule has 0 aliphatic carbocycles. The lowest BCUT2D eigenvalue weighted by Crippen LogP contribution is -2.27. The van der Waals surface area contributed by atoms with Crippen molar-refractivity contribution in [2.45, 2.75) is 39.8 Å². The smallest absolute Gasteiger partial charge is 0.258 e. The summed E-state index contributed by atoms with van der Waals surface area (Å²) in [4.78, 5) is 23.0. The second-order valence-corrected chi connectivity index (χ2v) is 7.85. The second kappa shape index (κ2) is 9.25. The summed E-state index contributed by atoms with van der Waals surface area (Å²) in [5.74, 6) is 0.875. The fraction of sp³-hybridized carbons (Fsp3) is 0.333. The van der Waals surface area contributed by atoms with E-state index < -0.39 is 6.10 Å². The number of anilines is 1. The first-order chi connectivity index (χ1) is 14.3. The summed E-state index contributed by atoms with van der Waals surface area (Å²) in [5.41, 5.74) is 9.02. The highest BCUT2D eigenvalue weighted by atomic mass is 79.9. The molecule has 0 bridgehead atoms. The molecule has 0 aliphatic heterocycles. The Hall–Kier alpha value is -2.94. The van der Waals surface area contributed by atoms with Crippen LogP contribution in [0, 0.1) is 6.92 Å². The number of hydrogen-bond donors (Lipinski definition) is 1.